The Morgan fingerprint density at radius 1 is 1.26 bits per heavy atom. The van der Waals surface area contributed by atoms with E-state index in [4.69, 9.17) is 11.5 Å². The first kappa shape index (κ1) is 19.0. The SMILES string of the molecule is CCCCC=CC=CC1=CC1C(=O)NCCCCCN=C(N)N. The summed E-state index contributed by atoms with van der Waals surface area (Å²) in [4.78, 5) is 15.8. The van der Waals surface area contributed by atoms with Crippen LogP contribution in [-0.2, 0) is 4.79 Å². The second kappa shape index (κ2) is 11.5. The Hall–Kier alpha value is -2.04. The molecule has 0 aromatic carbocycles. The monoisotopic (exact) mass is 318 g/mol. The van der Waals surface area contributed by atoms with E-state index in [2.05, 4.69) is 29.4 Å². The van der Waals surface area contributed by atoms with Gasteiger partial charge in [0.1, 0.15) is 0 Å². The Bertz CT molecular complexity index is 473. The van der Waals surface area contributed by atoms with Crippen LogP contribution in [0.3, 0.4) is 0 Å². The number of unbranched alkanes of at least 4 members (excludes halogenated alkanes) is 4. The minimum absolute atomic E-state index is 0.0306. The van der Waals surface area contributed by atoms with Gasteiger partial charge in [0.2, 0.25) is 5.91 Å². The van der Waals surface area contributed by atoms with Crippen molar-refractivity contribution in [3.8, 4) is 0 Å². The molecule has 1 unspecified atom stereocenters. The van der Waals surface area contributed by atoms with Crippen LogP contribution in [0.1, 0.15) is 45.4 Å². The summed E-state index contributed by atoms with van der Waals surface area (Å²) in [6, 6.07) is 0. The molecule has 0 heterocycles. The van der Waals surface area contributed by atoms with Crippen LogP contribution in [0.4, 0.5) is 0 Å². The molecule has 128 valence electrons. The third-order valence-corrected chi connectivity index (χ3v) is 3.58. The zero-order valence-corrected chi connectivity index (χ0v) is 14.1. The van der Waals surface area contributed by atoms with Crippen molar-refractivity contribution in [2.45, 2.75) is 45.4 Å². The third kappa shape index (κ3) is 9.55. The second-order valence-electron chi connectivity index (χ2n) is 5.73. The molecule has 0 radical (unpaired) electrons. The molecule has 23 heavy (non-hydrogen) atoms. The lowest BCUT2D eigenvalue weighted by Gasteiger charge is -2.04. The molecule has 5 N–H and O–H groups in total. The van der Waals surface area contributed by atoms with Gasteiger partial charge in [-0.15, -0.1) is 0 Å². The van der Waals surface area contributed by atoms with Gasteiger partial charge in [-0.05, 0) is 31.3 Å². The Morgan fingerprint density at radius 2 is 2.09 bits per heavy atom. The summed E-state index contributed by atoms with van der Waals surface area (Å²) in [7, 11) is 0. The van der Waals surface area contributed by atoms with Crippen molar-refractivity contribution in [3.63, 3.8) is 0 Å². The van der Waals surface area contributed by atoms with Crippen LogP contribution in [0.2, 0.25) is 0 Å². The highest BCUT2D eigenvalue weighted by molar-refractivity contribution is 5.89. The maximum absolute atomic E-state index is 11.9. The number of aliphatic imine (C=N–C) groups is 1. The number of hydrogen-bond acceptors (Lipinski definition) is 2. The lowest BCUT2D eigenvalue weighted by molar-refractivity contribution is -0.121. The van der Waals surface area contributed by atoms with Gasteiger partial charge in [0.15, 0.2) is 5.96 Å². The molecule has 1 aliphatic rings. The van der Waals surface area contributed by atoms with E-state index in [0.29, 0.717) is 13.1 Å². The topological polar surface area (TPSA) is 93.5 Å². The van der Waals surface area contributed by atoms with E-state index in [0.717, 1.165) is 31.3 Å². The fourth-order valence-electron chi connectivity index (χ4n) is 2.14. The highest BCUT2D eigenvalue weighted by Crippen LogP contribution is 2.29. The summed E-state index contributed by atoms with van der Waals surface area (Å²) in [5.74, 6) is 0.208. The normalized spacial score (nSPS) is 16.6. The van der Waals surface area contributed by atoms with Gasteiger partial charge in [0, 0.05) is 13.1 Å². The number of amides is 1. The molecular formula is C18H30N4O. The lowest BCUT2D eigenvalue weighted by Crippen LogP contribution is -2.26. The van der Waals surface area contributed by atoms with Crippen molar-refractivity contribution in [1.29, 1.82) is 0 Å². The first-order valence-corrected chi connectivity index (χ1v) is 8.53. The molecule has 0 aromatic heterocycles. The van der Waals surface area contributed by atoms with Gasteiger partial charge in [-0.1, -0.05) is 50.1 Å². The number of guanidine groups is 1. The summed E-state index contributed by atoms with van der Waals surface area (Å²) in [5.41, 5.74) is 11.6. The molecule has 0 spiro atoms. The molecule has 0 aliphatic heterocycles. The average Bonchev–Trinajstić information content (AvgIpc) is 3.29. The van der Waals surface area contributed by atoms with Crippen LogP contribution >= 0.6 is 0 Å². The van der Waals surface area contributed by atoms with Crippen molar-refractivity contribution < 1.29 is 4.79 Å². The fraction of sp³-hybridized carbons (Fsp3) is 0.556. The summed E-state index contributed by atoms with van der Waals surface area (Å²) in [6.07, 6.45) is 16.7. The van der Waals surface area contributed by atoms with Crippen LogP contribution in [0, 0.1) is 5.92 Å². The van der Waals surface area contributed by atoms with Crippen LogP contribution in [0.15, 0.2) is 40.9 Å². The van der Waals surface area contributed by atoms with Gasteiger partial charge in [0.25, 0.3) is 0 Å². The van der Waals surface area contributed by atoms with E-state index in [9.17, 15) is 4.79 Å². The van der Waals surface area contributed by atoms with Gasteiger partial charge in [-0.25, -0.2) is 0 Å². The summed E-state index contributed by atoms with van der Waals surface area (Å²) >= 11 is 0. The molecular weight excluding hydrogens is 288 g/mol. The van der Waals surface area contributed by atoms with Gasteiger partial charge in [-0.3, -0.25) is 9.79 Å². The molecule has 0 saturated heterocycles. The van der Waals surface area contributed by atoms with Crippen molar-refractivity contribution in [2.75, 3.05) is 13.1 Å². The molecule has 0 bridgehead atoms. The van der Waals surface area contributed by atoms with Gasteiger partial charge >= 0.3 is 0 Å². The molecule has 5 heteroatoms. The number of nitrogens with one attached hydrogen (secondary N) is 1. The Labute approximate surface area is 139 Å². The fourth-order valence-corrected chi connectivity index (χ4v) is 2.14. The Balaban J connectivity index is 2.02. The van der Waals surface area contributed by atoms with Gasteiger partial charge < -0.3 is 16.8 Å². The van der Waals surface area contributed by atoms with E-state index >= 15 is 0 Å². The maximum atomic E-state index is 11.9. The minimum Gasteiger partial charge on any atom is -0.370 e. The number of rotatable bonds is 12. The smallest absolute Gasteiger partial charge is 0.231 e. The maximum Gasteiger partial charge on any atom is 0.231 e. The van der Waals surface area contributed by atoms with Crippen molar-refractivity contribution in [2.24, 2.45) is 22.4 Å². The molecule has 0 fully saturated rings. The first-order chi connectivity index (χ1) is 11.1. The van der Waals surface area contributed by atoms with E-state index in [1.807, 2.05) is 18.2 Å². The zero-order valence-electron chi connectivity index (χ0n) is 14.1. The molecule has 1 aliphatic carbocycles. The quantitative estimate of drug-likeness (QED) is 0.223. The number of nitrogens with two attached hydrogens (primary N) is 2. The van der Waals surface area contributed by atoms with E-state index in [1.54, 1.807) is 0 Å². The number of carbonyl (C=O) groups is 1. The van der Waals surface area contributed by atoms with Crippen molar-refractivity contribution >= 4 is 11.9 Å². The highest BCUT2D eigenvalue weighted by atomic mass is 16.1. The van der Waals surface area contributed by atoms with Gasteiger partial charge in [-0.2, -0.15) is 0 Å². The van der Waals surface area contributed by atoms with Crippen LogP contribution in [-0.4, -0.2) is 25.0 Å². The number of hydrogen-bond donors (Lipinski definition) is 3. The Morgan fingerprint density at radius 3 is 2.83 bits per heavy atom. The molecule has 0 saturated carbocycles. The summed E-state index contributed by atoms with van der Waals surface area (Å²) < 4.78 is 0. The third-order valence-electron chi connectivity index (χ3n) is 3.58. The lowest BCUT2D eigenvalue weighted by atomic mass is 10.2. The highest BCUT2D eigenvalue weighted by Gasteiger charge is 2.29. The molecule has 1 rings (SSSR count). The first-order valence-electron chi connectivity index (χ1n) is 8.53. The van der Waals surface area contributed by atoms with Crippen LogP contribution in [0.5, 0.6) is 0 Å². The van der Waals surface area contributed by atoms with Gasteiger partial charge in [0.05, 0.1) is 5.92 Å². The van der Waals surface area contributed by atoms with E-state index in [1.165, 1.54) is 12.8 Å². The van der Waals surface area contributed by atoms with E-state index in [-0.39, 0.29) is 17.8 Å². The second-order valence-corrected chi connectivity index (χ2v) is 5.73. The van der Waals surface area contributed by atoms with Crippen molar-refractivity contribution in [1.82, 2.24) is 5.32 Å². The molecule has 1 atom stereocenters. The minimum atomic E-state index is -0.0306. The van der Waals surface area contributed by atoms with Crippen LogP contribution in [0.25, 0.3) is 0 Å². The Kier molecular flexibility index (Phi) is 9.52. The molecule has 1 amide bonds. The number of nitrogens with zero attached hydrogens (tertiary/aromatic N) is 1. The standard InChI is InChI=1S/C18H30N4O/c1-2-3-4-5-6-8-11-15-14-16(15)17(23)21-12-9-7-10-13-22-18(19)20/h5-6,8,11,14,16H,2-4,7,9-10,12-13H2,1H3,(H,21,23)(H4,19,20,22). The number of carbonyl (C=O) groups excluding carboxylic acids is 1. The van der Waals surface area contributed by atoms with Crippen LogP contribution < -0.4 is 16.8 Å². The summed E-state index contributed by atoms with van der Waals surface area (Å²) in [5, 5.41) is 2.96. The average molecular weight is 318 g/mol. The predicted molar refractivity (Wildman–Crippen MR) is 96.9 cm³/mol. The molecule has 5 nitrogen and oxygen atoms in total. The van der Waals surface area contributed by atoms with E-state index < -0.39 is 0 Å². The largest absolute Gasteiger partial charge is 0.370 e. The molecule has 0 aromatic rings. The number of allylic oxidation sites excluding steroid dienone is 4. The predicted octanol–water partition coefficient (Wildman–Crippen LogP) is 2.41. The zero-order chi connectivity index (χ0) is 16.9. The summed E-state index contributed by atoms with van der Waals surface area (Å²) in [6.45, 7) is 3.55. The van der Waals surface area contributed by atoms with Crippen molar-refractivity contribution in [3.05, 3.63) is 36.0 Å².